The molecule has 0 saturated heterocycles. The van der Waals surface area contributed by atoms with Gasteiger partial charge in [-0.05, 0) is 69.2 Å². The van der Waals surface area contributed by atoms with Crippen LogP contribution in [0, 0.1) is 0 Å². The molecule has 0 aliphatic carbocycles. The first kappa shape index (κ1) is 27.2. The molecule has 0 saturated carbocycles. The third kappa shape index (κ3) is 6.41. The van der Waals surface area contributed by atoms with Crippen molar-refractivity contribution in [3.63, 3.8) is 0 Å². The highest BCUT2D eigenvalue weighted by atomic mass is 32.2. The van der Waals surface area contributed by atoms with Crippen molar-refractivity contribution in [3.05, 3.63) is 48.0 Å². The Morgan fingerprint density at radius 1 is 0.917 bits per heavy atom. The third-order valence-corrected chi connectivity index (χ3v) is 7.05. The van der Waals surface area contributed by atoms with Crippen molar-refractivity contribution in [3.8, 4) is 23.0 Å². The molecule has 10 nitrogen and oxygen atoms in total. The molecule has 0 atom stereocenters. The third-order valence-electron chi connectivity index (χ3n) is 5.14. The number of nitrogens with zero attached hydrogens (tertiary/aromatic N) is 3. The Labute approximate surface area is 211 Å². The number of anilines is 1. The molecule has 0 radical (unpaired) electrons. The number of ether oxygens (including phenoxy) is 2. The summed E-state index contributed by atoms with van der Waals surface area (Å²) in [5.74, 6) is 0.846. The van der Waals surface area contributed by atoms with Crippen molar-refractivity contribution in [1.29, 1.82) is 0 Å². The highest BCUT2D eigenvalue weighted by molar-refractivity contribution is 7.89. The number of aromatic nitrogens is 2. The van der Waals surface area contributed by atoms with E-state index in [1.54, 1.807) is 18.2 Å². The van der Waals surface area contributed by atoms with E-state index in [0.717, 1.165) is 12.8 Å². The smallest absolute Gasteiger partial charge is 0.322 e. The van der Waals surface area contributed by atoms with Crippen molar-refractivity contribution in [2.75, 3.05) is 31.6 Å². The minimum absolute atomic E-state index is 0.0874. The van der Waals surface area contributed by atoms with E-state index in [0.29, 0.717) is 43.4 Å². The molecule has 0 aliphatic heterocycles. The van der Waals surface area contributed by atoms with Gasteiger partial charge in [0.1, 0.15) is 0 Å². The molecule has 3 rings (SSSR count). The Kier molecular flexibility index (Phi) is 9.43. The molecule has 0 spiro atoms. The SMILES string of the molecule is CCCN(CCC)S(=O)(=O)c1ccc(C(=O)Nc2nnc(-c3ccc(OCC)c(OCC)c3)o2)cc1. The topological polar surface area (TPSA) is 124 Å². The molecule has 1 N–H and O–H groups in total. The van der Waals surface area contributed by atoms with Crippen LogP contribution in [0.4, 0.5) is 6.01 Å². The maximum atomic E-state index is 12.9. The first-order valence-electron chi connectivity index (χ1n) is 12.0. The molecule has 1 heterocycles. The number of nitrogens with one attached hydrogen (secondary N) is 1. The largest absolute Gasteiger partial charge is 0.490 e. The highest BCUT2D eigenvalue weighted by Crippen LogP contribution is 2.33. The summed E-state index contributed by atoms with van der Waals surface area (Å²) in [6.07, 6.45) is 1.44. The number of hydrogen-bond donors (Lipinski definition) is 1. The van der Waals surface area contributed by atoms with Crippen molar-refractivity contribution in [1.82, 2.24) is 14.5 Å². The monoisotopic (exact) mass is 516 g/mol. The first-order chi connectivity index (χ1) is 17.3. The molecule has 2 aromatic carbocycles. The van der Waals surface area contributed by atoms with Gasteiger partial charge in [-0.25, -0.2) is 8.42 Å². The van der Waals surface area contributed by atoms with E-state index in [1.165, 1.54) is 28.6 Å². The molecule has 194 valence electrons. The van der Waals surface area contributed by atoms with Gasteiger partial charge >= 0.3 is 6.01 Å². The summed E-state index contributed by atoms with van der Waals surface area (Å²) in [6.45, 7) is 9.47. The van der Waals surface area contributed by atoms with Gasteiger partial charge < -0.3 is 13.9 Å². The molecular weight excluding hydrogens is 484 g/mol. The van der Waals surface area contributed by atoms with Crippen LogP contribution in [0.15, 0.2) is 51.8 Å². The Morgan fingerprint density at radius 2 is 1.56 bits per heavy atom. The summed E-state index contributed by atoms with van der Waals surface area (Å²) in [4.78, 5) is 12.8. The lowest BCUT2D eigenvalue weighted by Gasteiger charge is -2.21. The number of rotatable bonds is 13. The molecule has 11 heteroatoms. The van der Waals surface area contributed by atoms with Gasteiger partial charge in [0.05, 0.1) is 18.1 Å². The Bertz CT molecular complexity index is 1250. The van der Waals surface area contributed by atoms with Crippen LogP contribution in [0.3, 0.4) is 0 Å². The molecule has 0 bridgehead atoms. The van der Waals surface area contributed by atoms with Crippen LogP contribution in [0.5, 0.6) is 11.5 Å². The zero-order chi connectivity index (χ0) is 26.1. The lowest BCUT2D eigenvalue weighted by molar-refractivity contribution is 0.102. The van der Waals surface area contributed by atoms with Gasteiger partial charge in [-0.1, -0.05) is 18.9 Å². The van der Waals surface area contributed by atoms with E-state index < -0.39 is 15.9 Å². The maximum absolute atomic E-state index is 12.9. The first-order valence-corrected chi connectivity index (χ1v) is 13.4. The number of carbonyl (C=O) groups excluding carboxylic acids is 1. The molecular formula is C25H32N4O6S. The quantitative estimate of drug-likeness (QED) is 0.350. The van der Waals surface area contributed by atoms with Crippen LogP contribution in [-0.2, 0) is 10.0 Å². The summed E-state index contributed by atoms with van der Waals surface area (Å²) < 4.78 is 44.1. The summed E-state index contributed by atoms with van der Waals surface area (Å²) in [5, 5.41) is 10.4. The molecule has 1 aromatic heterocycles. The fraction of sp³-hybridized carbons (Fsp3) is 0.400. The second kappa shape index (κ2) is 12.5. The molecule has 1 amide bonds. The Morgan fingerprint density at radius 3 is 2.17 bits per heavy atom. The molecule has 36 heavy (non-hydrogen) atoms. The van der Waals surface area contributed by atoms with Gasteiger partial charge in [-0.2, -0.15) is 4.31 Å². The van der Waals surface area contributed by atoms with Gasteiger partial charge in [-0.3, -0.25) is 10.1 Å². The number of benzene rings is 2. The predicted octanol–water partition coefficient (Wildman–Crippen LogP) is 4.60. The average molecular weight is 517 g/mol. The van der Waals surface area contributed by atoms with Crippen LogP contribution < -0.4 is 14.8 Å². The summed E-state index contributed by atoms with van der Waals surface area (Å²) >= 11 is 0. The van der Waals surface area contributed by atoms with Gasteiger partial charge in [-0.15, -0.1) is 5.10 Å². The van der Waals surface area contributed by atoms with Crippen LogP contribution in [0.25, 0.3) is 11.5 Å². The van der Waals surface area contributed by atoms with Crippen LogP contribution >= 0.6 is 0 Å². The lowest BCUT2D eigenvalue weighted by atomic mass is 10.2. The van der Waals surface area contributed by atoms with E-state index in [9.17, 15) is 13.2 Å². The van der Waals surface area contributed by atoms with Crippen molar-refractivity contribution in [2.45, 2.75) is 45.4 Å². The average Bonchev–Trinajstić information content (AvgIpc) is 3.33. The van der Waals surface area contributed by atoms with E-state index in [-0.39, 0.29) is 22.4 Å². The van der Waals surface area contributed by atoms with E-state index in [4.69, 9.17) is 13.9 Å². The van der Waals surface area contributed by atoms with Gasteiger partial charge in [0.15, 0.2) is 11.5 Å². The Balaban J connectivity index is 1.73. The van der Waals surface area contributed by atoms with Crippen molar-refractivity contribution in [2.24, 2.45) is 0 Å². The number of amides is 1. The molecule has 0 aliphatic rings. The fourth-order valence-electron chi connectivity index (χ4n) is 3.52. The minimum atomic E-state index is -3.63. The summed E-state index contributed by atoms with van der Waals surface area (Å²) in [6, 6.07) is 10.9. The van der Waals surface area contributed by atoms with Gasteiger partial charge in [0.25, 0.3) is 5.91 Å². The van der Waals surface area contributed by atoms with E-state index >= 15 is 0 Å². The summed E-state index contributed by atoms with van der Waals surface area (Å²) in [7, 11) is -3.63. The van der Waals surface area contributed by atoms with Crippen LogP contribution in [0.1, 0.15) is 50.9 Å². The van der Waals surface area contributed by atoms with Crippen molar-refractivity contribution >= 4 is 21.9 Å². The number of sulfonamides is 1. The van der Waals surface area contributed by atoms with Gasteiger partial charge in [0.2, 0.25) is 15.9 Å². The van der Waals surface area contributed by atoms with Crippen molar-refractivity contribution < 1.29 is 27.1 Å². The minimum Gasteiger partial charge on any atom is -0.490 e. The zero-order valence-corrected chi connectivity index (χ0v) is 21.8. The highest BCUT2D eigenvalue weighted by Gasteiger charge is 2.23. The molecule has 0 unspecified atom stereocenters. The number of hydrogen-bond acceptors (Lipinski definition) is 8. The fourth-order valence-corrected chi connectivity index (χ4v) is 5.15. The number of carbonyl (C=O) groups is 1. The second-order valence-electron chi connectivity index (χ2n) is 7.82. The van der Waals surface area contributed by atoms with Gasteiger partial charge in [0, 0.05) is 24.2 Å². The predicted molar refractivity (Wildman–Crippen MR) is 136 cm³/mol. The lowest BCUT2D eigenvalue weighted by Crippen LogP contribution is -2.32. The zero-order valence-electron chi connectivity index (χ0n) is 21.0. The molecule has 3 aromatic rings. The summed E-state index contributed by atoms with van der Waals surface area (Å²) in [5.41, 5.74) is 0.860. The second-order valence-corrected chi connectivity index (χ2v) is 9.76. The Hall–Kier alpha value is -3.44. The van der Waals surface area contributed by atoms with E-state index in [2.05, 4.69) is 15.5 Å². The molecule has 0 fully saturated rings. The normalized spacial score (nSPS) is 11.5. The maximum Gasteiger partial charge on any atom is 0.322 e. The van der Waals surface area contributed by atoms with E-state index in [1.807, 2.05) is 27.7 Å². The standard InChI is InChI=1S/C25H32N4O6S/c1-5-15-29(16-6-2)36(31,32)20-12-9-18(10-13-20)23(30)26-25-28-27-24(35-25)19-11-14-21(33-7-3)22(17-19)34-8-4/h9-14,17H,5-8,15-16H2,1-4H3,(H,26,28,30). The van der Waals surface area contributed by atoms with Crippen LogP contribution in [0.2, 0.25) is 0 Å². The van der Waals surface area contributed by atoms with Crippen LogP contribution in [-0.4, -0.2) is 55.1 Å².